The lowest BCUT2D eigenvalue weighted by Crippen LogP contribution is -2.18. The first-order valence-corrected chi connectivity index (χ1v) is 17.0. The smallest absolute Gasteiger partial charge is 0.0540 e. The minimum absolute atomic E-state index is 0.956. The van der Waals surface area contributed by atoms with E-state index in [1.165, 1.54) is 55.4 Å². The Morgan fingerprint density at radius 1 is 0.375 bits per heavy atom. The molecular formula is C46H40N2. The molecule has 0 heterocycles. The third-order valence-corrected chi connectivity index (χ3v) is 8.95. The molecule has 0 aliphatic heterocycles. The van der Waals surface area contributed by atoms with Crippen LogP contribution in [0.3, 0.4) is 0 Å². The van der Waals surface area contributed by atoms with E-state index in [1.54, 1.807) is 0 Å². The lowest BCUT2D eigenvalue weighted by Gasteiger charge is -2.31. The van der Waals surface area contributed by atoms with Crippen LogP contribution in [0.4, 0.5) is 28.4 Å². The van der Waals surface area contributed by atoms with Crippen molar-refractivity contribution in [1.82, 2.24) is 0 Å². The van der Waals surface area contributed by atoms with Crippen molar-refractivity contribution in [2.24, 2.45) is 0 Å². The normalized spacial score (nSPS) is 12.5. The summed E-state index contributed by atoms with van der Waals surface area (Å²) >= 11 is 0. The fraction of sp³-hybridized carbons (Fsp3) is 0.0870. The van der Waals surface area contributed by atoms with E-state index in [0.717, 1.165) is 24.2 Å². The van der Waals surface area contributed by atoms with Crippen LogP contribution in [0.2, 0.25) is 0 Å². The highest BCUT2D eigenvalue weighted by molar-refractivity contribution is 5.99. The first-order valence-electron chi connectivity index (χ1n) is 17.0. The Balaban J connectivity index is 0.00000179. The predicted octanol–water partition coefficient (Wildman–Crippen LogP) is 13.4. The number of benzene rings is 7. The number of allylic oxidation sites excluding steroid dienone is 4. The first kappa shape index (κ1) is 30.8. The largest absolute Gasteiger partial charge is 0.314 e. The molecular weight excluding hydrogens is 581 g/mol. The Kier molecular flexibility index (Phi) is 9.15. The summed E-state index contributed by atoms with van der Waals surface area (Å²) in [5.74, 6) is 0. The van der Waals surface area contributed by atoms with Gasteiger partial charge in [0.05, 0.1) is 11.4 Å². The van der Waals surface area contributed by atoms with Gasteiger partial charge in [-0.1, -0.05) is 141 Å². The van der Waals surface area contributed by atoms with Crippen LogP contribution in [-0.4, -0.2) is 0 Å². The van der Waals surface area contributed by atoms with Crippen LogP contribution in [0.1, 0.15) is 32.3 Å². The van der Waals surface area contributed by atoms with Gasteiger partial charge in [-0.25, -0.2) is 0 Å². The summed E-state index contributed by atoms with van der Waals surface area (Å²) in [7, 11) is 0. The van der Waals surface area contributed by atoms with Gasteiger partial charge in [0, 0.05) is 33.5 Å². The molecule has 1 aliphatic rings. The van der Waals surface area contributed by atoms with Crippen LogP contribution in [0.5, 0.6) is 0 Å². The summed E-state index contributed by atoms with van der Waals surface area (Å²) in [6.07, 6.45) is 6.56. The predicted molar refractivity (Wildman–Crippen MR) is 208 cm³/mol. The number of fused-ring (bicyclic) bond motifs is 2. The van der Waals surface area contributed by atoms with Gasteiger partial charge in [-0.2, -0.15) is 0 Å². The van der Waals surface area contributed by atoms with Crippen LogP contribution >= 0.6 is 0 Å². The van der Waals surface area contributed by atoms with Crippen molar-refractivity contribution in [1.29, 1.82) is 0 Å². The SMILES string of the molecule is C1=C(c2ccc(N(c3ccccc3)c3cccc4ccccc34)cc2)CCC(N(c2ccccc2)c2cccc3ccccc23)=C1.CC. The van der Waals surface area contributed by atoms with Crippen LogP contribution < -0.4 is 9.80 Å². The van der Waals surface area contributed by atoms with E-state index in [0.29, 0.717) is 0 Å². The van der Waals surface area contributed by atoms with Crippen molar-refractivity contribution < 1.29 is 0 Å². The Bertz CT molecular complexity index is 2190. The number of para-hydroxylation sites is 2. The van der Waals surface area contributed by atoms with Crippen molar-refractivity contribution >= 4 is 55.6 Å². The Labute approximate surface area is 284 Å². The lowest BCUT2D eigenvalue weighted by atomic mass is 9.94. The molecule has 0 N–H and O–H groups in total. The maximum Gasteiger partial charge on any atom is 0.0540 e. The summed E-state index contributed by atoms with van der Waals surface area (Å²) < 4.78 is 0. The molecule has 0 atom stereocenters. The summed E-state index contributed by atoms with van der Waals surface area (Å²) in [4.78, 5) is 4.79. The highest BCUT2D eigenvalue weighted by Crippen LogP contribution is 2.41. The summed E-state index contributed by atoms with van der Waals surface area (Å²) in [6.45, 7) is 4.00. The van der Waals surface area contributed by atoms with E-state index in [9.17, 15) is 0 Å². The number of rotatable bonds is 7. The van der Waals surface area contributed by atoms with Crippen molar-refractivity contribution in [2.45, 2.75) is 26.7 Å². The molecule has 7 aromatic carbocycles. The third-order valence-electron chi connectivity index (χ3n) is 8.95. The second kappa shape index (κ2) is 14.3. The van der Waals surface area contributed by atoms with E-state index in [2.05, 4.69) is 192 Å². The van der Waals surface area contributed by atoms with Gasteiger partial charge in [-0.15, -0.1) is 0 Å². The minimum atomic E-state index is 0.956. The zero-order chi connectivity index (χ0) is 32.7. The van der Waals surface area contributed by atoms with Gasteiger partial charge in [-0.05, 0) is 89.4 Å². The van der Waals surface area contributed by atoms with E-state index >= 15 is 0 Å². The summed E-state index contributed by atoms with van der Waals surface area (Å²) in [5.41, 5.74) is 9.78. The minimum Gasteiger partial charge on any atom is -0.314 e. The second-order valence-electron chi connectivity index (χ2n) is 11.7. The van der Waals surface area contributed by atoms with Gasteiger partial charge in [-0.3, -0.25) is 0 Å². The Hall–Kier alpha value is -5.86. The molecule has 1 aliphatic carbocycles. The highest BCUT2D eigenvalue weighted by Gasteiger charge is 2.20. The fourth-order valence-electron chi connectivity index (χ4n) is 6.73. The van der Waals surface area contributed by atoms with Crippen LogP contribution in [-0.2, 0) is 0 Å². The summed E-state index contributed by atoms with van der Waals surface area (Å²) in [5, 5.41) is 4.98. The van der Waals surface area contributed by atoms with Crippen molar-refractivity contribution in [3.05, 3.63) is 193 Å². The van der Waals surface area contributed by atoms with Gasteiger partial charge in [0.1, 0.15) is 0 Å². The Morgan fingerprint density at radius 3 is 1.38 bits per heavy atom. The van der Waals surface area contributed by atoms with E-state index in [4.69, 9.17) is 0 Å². The highest BCUT2D eigenvalue weighted by atomic mass is 15.2. The molecule has 0 aromatic heterocycles. The standard InChI is InChI=1S/C44H34N2.C2H6/c1-3-17-37(18-4-1)45(43-23-11-15-35-13-7-9-21-41(35)43)39-29-25-33(26-30-39)34-27-31-40(32-28-34)46(38-19-5-2-6-20-38)44-24-12-16-36-14-8-10-22-42(36)44;1-2/h1-27,29-31H,28,32H2;1-2H3. The monoisotopic (exact) mass is 620 g/mol. The molecule has 0 radical (unpaired) electrons. The van der Waals surface area contributed by atoms with Crippen LogP contribution in [0, 0.1) is 0 Å². The maximum absolute atomic E-state index is 2.43. The molecule has 2 heteroatoms. The van der Waals surface area contributed by atoms with E-state index in [-0.39, 0.29) is 0 Å². The average molecular weight is 621 g/mol. The molecule has 234 valence electrons. The number of hydrogen-bond donors (Lipinski definition) is 0. The molecule has 8 rings (SSSR count). The molecule has 0 fully saturated rings. The molecule has 2 nitrogen and oxygen atoms in total. The second-order valence-corrected chi connectivity index (χ2v) is 11.7. The number of nitrogens with zero attached hydrogens (tertiary/aromatic N) is 2. The molecule has 0 amide bonds. The zero-order valence-electron chi connectivity index (χ0n) is 27.6. The molecule has 48 heavy (non-hydrogen) atoms. The Morgan fingerprint density at radius 2 is 0.833 bits per heavy atom. The topological polar surface area (TPSA) is 6.48 Å². The van der Waals surface area contributed by atoms with E-state index in [1.807, 2.05) is 13.8 Å². The van der Waals surface area contributed by atoms with Crippen LogP contribution in [0.25, 0.3) is 27.1 Å². The van der Waals surface area contributed by atoms with E-state index < -0.39 is 0 Å². The number of hydrogen-bond acceptors (Lipinski definition) is 2. The number of anilines is 5. The fourth-order valence-corrected chi connectivity index (χ4v) is 6.73. The first-order chi connectivity index (χ1) is 23.8. The maximum atomic E-state index is 2.43. The lowest BCUT2D eigenvalue weighted by molar-refractivity contribution is 0.932. The van der Waals surface area contributed by atoms with Gasteiger partial charge in [0.2, 0.25) is 0 Å². The molecule has 0 saturated heterocycles. The molecule has 0 bridgehead atoms. The zero-order valence-corrected chi connectivity index (χ0v) is 27.6. The molecule has 0 spiro atoms. The third kappa shape index (κ3) is 6.13. The van der Waals surface area contributed by atoms with Gasteiger partial charge >= 0.3 is 0 Å². The quantitative estimate of drug-likeness (QED) is 0.175. The van der Waals surface area contributed by atoms with Crippen molar-refractivity contribution in [3.63, 3.8) is 0 Å². The van der Waals surface area contributed by atoms with Gasteiger partial charge in [0.15, 0.2) is 0 Å². The average Bonchev–Trinajstić information content (AvgIpc) is 3.17. The van der Waals surface area contributed by atoms with Crippen molar-refractivity contribution in [2.75, 3.05) is 9.80 Å². The molecule has 0 saturated carbocycles. The van der Waals surface area contributed by atoms with Crippen LogP contribution in [0.15, 0.2) is 188 Å². The molecule has 0 unspecified atom stereocenters. The summed E-state index contributed by atoms with van der Waals surface area (Å²) in [6, 6.07) is 60.9. The van der Waals surface area contributed by atoms with Crippen molar-refractivity contribution in [3.8, 4) is 0 Å². The van der Waals surface area contributed by atoms with Gasteiger partial charge < -0.3 is 9.80 Å². The van der Waals surface area contributed by atoms with Gasteiger partial charge in [0.25, 0.3) is 0 Å². The molecule has 7 aromatic rings.